The second-order valence-electron chi connectivity index (χ2n) is 11.6. The zero-order valence-electron chi connectivity index (χ0n) is 24.6. The number of aliphatic hydroxyl groups is 1. The lowest BCUT2D eigenvalue weighted by atomic mass is 9.65. The van der Waals surface area contributed by atoms with Crippen molar-refractivity contribution in [3.05, 3.63) is 54.6 Å². The number of rotatable bonds is 12. The molecule has 3 aliphatic rings. The fraction of sp³-hybridized carbons (Fsp3) is 0.594. The minimum Gasteiger partial charge on any atom is -0.394 e. The molecular formula is C32H45N3O4S. The Morgan fingerprint density at radius 2 is 1.90 bits per heavy atom. The summed E-state index contributed by atoms with van der Waals surface area (Å²) in [5.41, 5.74) is 2.80. The number of likely N-dealkylation sites (tertiary alicyclic amines) is 1. The van der Waals surface area contributed by atoms with Crippen LogP contribution in [0.2, 0.25) is 0 Å². The predicted molar refractivity (Wildman–Crippen MR) is 162 cm³/mol. The Kier molecular flexibility index (Phi) is 9.20. The maximum atomic E-state index is 14.9. The zero-order valence-corrected chi connectivity index (χ0v) is 25.5. The van der Waals surface area contributed by atoms with Crippen molar-refractivity contribution < 1.29 is 19.5 Å². The maximum Gasteiger partial charge on any atom is 0.251 e. The summed E-state index contributed by atoms with van der Waals surface area (Å²) in [5.74, 6) is -1.41. The minimum atomic E-state index is -0.788. The summed E-state index contributed by atoms with van der Waals surface area (Å²) in [6.07, 6.45) is 5.55. The van der Waals surface area contributed by atoms with E-state index in [0.29, 0.717) is 26.1 Å². The van der Waals surface area contributed by atoms with E-state index < -0.39 is 28.7 Å². The third kappa shape index (κ3) is 4.71. The number of benzene rings is 1. The number of aliphatic hydroxyl groups excluding tert-OH is 1. The van der Waals surface area contributed by atoms with Gasteiger partial charge < -0.3 is 19.8 Å². The van der Waals surface area contributed by atoms with Crippen LogP contribution in [0.4, 0.5) is 5.69 Å². The molecule has 3 saturated heterocycles. The van der Waals surface area contributed by atoms with Gasteiger partial charge in [-0.1, -0.05) is 45.1 Å². The Labute approximate surface area is 243 Å². The molecule has 1 aromatic carbocycles. The fourth-order valence-electron chi connectivity index (χ4n) is 7.35. The van der Waals surface area contributed by atoms with Crippen molar-refractivity contribution >= 4 is 35.2 Å². The monoisotopic (exact) mass is 567 g/mol. The van der Waals surface area contributed by atoms with Crippen LogP contribution in [0.15, 0.2) is 43.5 Å². The van der Waals surface area contributed by atoms with Gasteiger partial charge in [0.05, 0.1) is 29.2 Å². The highest BCUT2D eigenvalue weighted by atomic mass is 32.2. The Bertz CT molecular complexity index is 1170. The first kappa shape index (κ1) is 30.4. The quantitative estimate of drug-likeness (QED) is 0.380. The molecule has 3 heterocycles. The van der Waals surface area contributed by atoms with E-state index in [-0.39, 0.29) is 35.5 Å². The molecule has 40 heavy (non-hydrogen) atoms. The van der Waals surface area contributed by atoms with Crippen LogP contribution in [0.5, 0.6) is 0 Å². The SMILES string of the molecule is C=CCN(CCC)C(=O)[C@@H]1[C@@H]2CC(C)C3(S2)C(C(=O)N(CC=C)c2cc(C)ccc2C)N([C@@H](CC)CO)C(=O)[C@H]13. The smallest absolute Gasteiger partial charge is 0.251 e. The van der Waals surface area contributed by atoms with E-state index in [0.717, 1.165) is 29.7 Å². The number of hydrogen-bond acceptors (Lipinski definition) is 5. The number of carbonyl (C=O) groups excluding carboxylic acids is 3. The zero-order chi connectivity index (χ0) is 29.4. The highest BCUT2D eigenvalue weighted by Gasteiger charge is 2.77. The van der Waals surface area contributed by atoms with Crippen molar-refractivity contribution in [3.63, 3.8) is 0 Å². The van der Waals surface area contributed by atoms with Crippen LogP contribution in [0.1, 0.15) is 51.2 Å². The molecule has 1 aromatic rings. The second kappa shape index (κ2) is 12.1. The van der Waals surface area contributed by atoms with Gasteiger partial charge in [0.15, 0.2) is 0 Å². The molecule has 1 spiro atoms. The molecule has 0 radical (unpaired) electrons. The first-order valence-corrected chi connectivity index (χ1v) is 15.5. The van der Waals surface area contributed by atoms with E-state index in [9.17, 15) is 19.5 Å². The van der Waals surface area contributed by atoms with Crippen molar-refractivity contribution in [2.24, 2.45) is 17.8 Å². The van der Waals surface area contributed by atoms with Gasteiger partial charge in [-0.3, -0.25) is 14.4 Å². The molecule has 218 valence electrons. The first-order valence-electron chi connectivity index (χ1n) is 14.6. The predicted octanol–water partition coefficient (Wildman–Crippen LogP) is 4.36. The number of carbonyl (C=O) groups is 3. The van der Waals surface area contributed by atoms with Gasteiger partial charge in [0, 0.05) is 30.6 Å². The average molecular weight is 568 g/mol. The summed E-state index contributed by atoms with van der Waals surface area (Å²) in [4.78, 5) is 48.7. The molecule has 0 aromatic heterocycles. The molecule has 0 aliphatic carbocycles. The van der Waals surface area contributed by atoms with E-state index in [1.165, 1.54) is 0 Å². The first-order chi connectivity index (χ1) is 19.1. The van der Waals surface area contributed by atoms with E-state index >= 15 is 0 Å². The van der Waals surface area contributed by atoms with Crippen molar-refractivity contribution in [2.45, 2.75) is 76.0 Å². The molecule has 3 amide bonds. The standard InChI is InChI=1S/C32H45N3O4S/c1-8-14-33(15-9-2)29(37)26-25-18-22(7)32(40-25)27(26)30(38)35(23(11-4)19-36)28(32)31(39)34(16-10-3)24-17-20(5)12-13-21(24)6/h8,10,12-13,17,22-23,25-28,36H,1,3,9,11,14-16,18-19H2,2,4-7H3/t22?,23-,25-,26+,27-,28?,32?/m0/s1. The van der Waals surface area contributed by atoms with Crippen molar-refractivity contribution in [2.75, 3.05) is 31.1 Å². The van der Waals surface area contributed by atoms with Crippen LogP contribution in [0.25, 0.3) is 0 Å². The van der Waals surface area contributed by atoms with Gasteiger partial charge >= 0.3 is 0 Å². The summed E-state index contributed by atoms with van der Waals surface area (Å²) in [7, 11) is 0. The van der Waals surface area contributed by atoms with Crippen molar-refractivity contribution in [1.29, 1.82) is 0 Å². The van der Waals surface area contributed by atoms with E-state index in [1.54, 1.807) is 33.7 Å². The summed E-state index contributed by atoms with van der Waals surface area (Å²) in [5, 5.41) is 10.4. The van der Waals surface area contributed by atoms with E-state index in [4.69, 9.17) is 0 Å². The Hall–Kier alpha value is -2.58. The van der Waals surface area contributed by atoms with Gasteiger partial charge in [0.2, 0.25) is 11.8 Å². The molecule has 1 N–H and O–H groups in total. The summed E-state index contributed by atoms with van der Waals surface area (Å²) in [6, 6.07) is 4.73. The number of hydrogen-bond donors (Lipinski definition) is 1. The molecule has 3 aliphatic heterocycles. The van der Waals surface area contributed by atoms with Crippen molar-refractivity contribution in [3.8, 4) is 0 Å². The summed E-state index contributed by atoms with van der Waals surface area (Å²) in [6.45, 7) is 18.9. The molecule has 7 atom stereocenters. The van der Waals surface area contributed by atoms with E-state index in [2.05, 4.69) is 20.1 Å². The molecule has 7 nitrogen and oxygen atoms in total. The van der Waals surface area contributed by atoms with Gasteiger partial charge in [-0.2, -0.15) is 0 Å². The normalized spacial score (nSPS) is 29.3. The maximum absolute atomic E-state index is 14.9. The molecule has 3 unspecified atom stereocenters. The van der Waals surface area contributed by atoms with Crippen LogP contribution in [0.3, 0.4) is 0 Å². The number of anilines is 1. The molecule has 0 saturated carbocycles. The summed E-state index contributed by atoms with van der Waals surface area (Å²) < 4.78 is -0.745. The van der Waals surface area contributed by atoms with Crippen LogP contribution in [0, 0.1) is 31.6 Å². The van der Waals surface area contributed by atoms with Gasteiger partial charge in [-0.25, -0.2) is 0 Å². The van der Waals surface area contributed by atoms with Crippen LogP contribution in [-0.2, 0) is 14.4 Å². The fourth-order valence-corrected chi connectivity index (χ4v) is 9.75. The van der Waals surface area contributed by atoms with Crippen LogP contribution in [-0.4, -0.2) is 80.9 Å². The number of aryl methyl sites for hydroxylation is 2. The lowest BCUT2D eigenvalue weighted by molar-refractivity contribution is -0.145. The Morgan fingerprint density at radius 1 is 1.20 bits per heavy atom. The lowest BCUT2D eigenvalue weighted by Gasteiger charge is -2.42. The Balaban J connectivity index is 1.86. The highest BCUT2D eigenvalue weighted by Crippen LogP contribution is 2.69. The molecule has 3 fully saturated rings. The van der Waals surface area contributed by atoms with E-state index in [1.807, 2.05) is 50.8 Å². The van der Waals surface area contributed by atoms with Crippen molar-refractivity contribution in [1.82, 2.24) is 9.80 Å². The third-order valence-corrected chi connectivity index (χ3v) is 11.2. The topological polar surface area (TPSA) is 81.2 Å². The third-order valence-electron chi connectivity index (χ3n) is 9.17. The number of amides is 3. The molecule has 4 rings (SSSR count). The van der Waals surface area contributed by atoms with Gasteiger partial charge in [-0.05, 0) is 56.2 Å². The number of thioether (sulfide) groups is 1. The van der Waals surface area contributed by atoms with Crippen LogP contribution < -0.4 is 4.90 Å². The van der Waals surface area contributed by atoms with Gasteiger partial charge in [-0.15, -0.1) is 24.9 Å². The number of nitrogens with zero attached hydrogens (tertiary/aromatic N) is 3. The molecule has 2 bridgehead atoms. The Morgan fingerprint density at radius 3 is 2.50 bits per heavy atom. The number of fused-ring (bicyclic) bond motifs is 1. The lowest BCUT2D eigenvalue weighted by Crippen LogP contribution is -2.59. The van der Waals surface area contributed by atoms with Crippen LogP contribution >= 0.6 is 11.8 Å². The summed E-state index contributed by atoms with van der Waals surface area (Å²) >= 11 is 1.68. The molecule has 8 heteroatoms. The largest absolute Gasteiger partial charge is 0.394 e. The highest BCUT2D eigenvalue weighted by molar-refractivity contribution is 8.02. The average Bonchev–Trinajstić information content (AvgIpc) is 3.52. The second-order valence-corrected chi connectivity index (χ2v) is 13.2. The minimum absolute atomic E-state index is 0.0195. The van der Waals surface area contributed by atoms with Gasteiger partial charge in [0.1, 0.15) is 6.04 Å². The van der Waals surface area contributed by atoms with Gasteiger partial charge in [0.25, 0.3) is 5.91 Å². The molecular weight excluding hydrogens is 522 g/mol.